The number of piperidine rings is 1. The molecule has 3 aromatic rings. The zero-order valence-electron chi connectivity index (χ0n) is 22.5. The smallest absolute Gasteiger partial charge is 0.258 e. The number of fused-ring (bicyclic) bond motifs is 5. The van der Waals surface area contributed by atoms with E-state index in [-0.39, 0.29) is 42.7 Å². The van der Waals surface area contributed by atoms with Gasteiger partial charge in [-0.05, 0) is 42.3 Å². The molecule has 216 valence electrons. The van der Waals surface area contributed by atoms with E-state index in [0.29, 0.717) is 43.7 Å². The summed E-state index contributed by atoms with van der Waals surface area (Å²) in [7, 11) is 1.46. The van der Waals surface area contributed by atoms with Gasteiger partial charge in [-0.1, -0.05) is 0 Å². The summed E-state index contributed by atoms with van der Waals surface area (Å²) in [6.45, 7) is 0.904. The van der Waals surface area contributed by atoms with Crippen molar-refractivity contribution >= 4 is 17.7 Å². The van der Waals surface area contributed by atoms with Gasteiger partial charge in [-0.25, -0.2) is 9.37 Å². The van der Waals surface area contributed by atoms with Crippen molar-refractivity contribution in [1.82, 2.24) is 30.3 Å². The number of carbonyl (C=O) groups is 3. The topological polar surface area (TPSA) is 137 Å². The average Bonchev–Trinajstić information content (AvgIpc) is 3.48. The van der Waals surface area contributed by atoms with Crippen molar-refractivity contribution in [3.05, 3.63) is 66.0 Å². The van der Waals surface area contributed by atoms with E-state index in [2.05, 4.69) is 20.7 Å². The highest BCUT2D eigenvalue weighted by molar-refractivity contribution is 5.95. The van der Waals surface area contributed by atoms with Gasteiger partial charge in [-0.2, -0.15) is 5.10 Å². The lowest BCUT2D eigenvalue weighted by Crippen LogP contribution is -2.58. The maximum Gasteiger partial charge on any atom is 0.258 e. The molecule has 2 atom stereocenters. The minimum atomic E-state index is -0.577. The van der Waals surface area contributed by atoms with Crippen molar-refractivity contribution in [2.75, 3.05) is 26.8 Å². The van der Waals surface area contributed by atoms with Crippen molar-refractivity contribution in [3.63, 3.8) is 0 Å². The Labute approximate surface area is 235 Å². The summed E-state index contributed by atoms with van der Waals surface area (Å²) in [6, 6.07) is 8.27. The first kappa shape index (κ1) is 27.9. The average molecular weight is 567 g/mol. The predicted octanol–water partition coefficient (Wildman–Crippen LogP) is 1.69. The number of rotatable bonds is 5. The second-order valence-electron chi connectivity index (χ2n) is 9.85. The SMILES string of the molecule is COc1ccc2cc1OCC(=O)N[C@@H]1CN(C(=O)CCCn3cncn3)CC[C@@H]1Oc1cc(F)cc(c1)CNC2=O. The number of hydrogen-bond acceptors (Lipinski definition) is 8. The number of nitrogens with zero attached hydrogens (tertiary/aromatic N) is 4. The van der Waals surface area contributed by atoms with E-state index in [1.165, 1.54) is 31.6 Å². The third kappa shape index (κ3) is 7.10. The van der Waals surface area contributed by atoms with Gasteiger partial charge in [0, 0.05) is 50.7 Å². The van der Waals surface area contributed by atoms with Gasteiger partial charge in [0.25, 0.3) is 11.8 Å². The number of benzene rings is 2. The van der Waals surface area contributed by atoms with Crippen LogP contribution in [0.5, 0.6) is 17.2 Å². The molecule has 12 nitrogen and oxygen atoms in total. The highest BCUT2D eigenvalue weighted by Gasteiger charge is 2.34. The maximum atomic E-state index is 14.5. The van der Waals surface area contributed by atoms with E-state index < -0.39 is 29.8 Å². The van der Waals surface area contributed by atoms with Crippen LogP contribution in [0, 0.1) is 5.82 Å². The number of amides is 3. The van der Waals surface area contributed by atoms with Gasteiger partial charge >= 0.3 is 0 Å². The van der Waals surface area contributed by atoms with Crippen molar-refractivity contribution < 1.29 is 33.0 Å². The van der Waals surface area contributed by atoms with Crippen molar-refractivity contribution in [1.29, 1.82) is 0 Å². The molecular formula is C28H31FN6O6. The highest BCUT2D eigenvalue weighted by atomic mass is 19.1. The fraction of sp³-hybridized carbons (Fsp3) is 0.393. The normalized spacial score (nSPS) is 19.2. The number of aromatic nitrogens is 3. The number of halogens is 1. The van der Waals surface area contributed by atoms with E-state index in [9.17, 15) is 18.8 Å². The molecule has 13 heteroatoms. The Hall–Kier alpha value is -4.68. The van der Waals surface area contributed by atoms with E-state index in [1.807, 2.05) is 0 Å². The Balaban J connectivity index is 1.35. The molecule has 3 amide bonds. The second kappa shape index (κ2) is 12.7. The standard InChI is InChI=1S/C28H31FN6O6/c1-39-24-5-4-19-11-25(24)40-15-26(36)33-22-14-34(27(37)3-2-7-35-17-30-16-32-35)8-6-23(22)41-21-10-18(9-20(29)12-21)13-31-28(19)38/h4-5,9-12,16-17,22-23H,2-3,6-8,13-15H2,1H3,(H,31,38)(H,33,36)/t22-,23+/m1/s1. The second-order valence-corrected chi connectivity index (χ2v) is 9.85. The Morgan fingerprint density at radius 3 is 2.90 bits per heavy atom. The monoisotopic (exact) mass is 566 g/mol. The van der Waals surface area contributed by atoms with Crippen LogP contribution in [-0.2, 0) is 22.7 Å². The summed E-state index contributed by atoms with van der Waals surface area (Å²) in [5.41, 5.74) is 0.789. The fourth-order valence-electron chi connectivity index (χ4n) is 4.91. The van der Waals surface area contributed by atoms with Crippen LogP contribution < -0.4 is 24.8 Å². The summed E-state index contributed by atoms with van der Waals surface area (Å²) in [5, 5.41) is 9.74. The Morgan fingerprint density at radius 2 is 2.10 bits per heavy atom. The van der Waals surface area contributed by atoms with Crippen molar-refractivity contribution in [3.8, 4) is 17.2 Å². The number of hydrogen-bond donors (Lipinski definition) is 2. The van der Waals surface area contributed by atoms with Crippen LogP contribution in [-0.4, -0.2) is 76.3 Å². The van der Waals surface area contributed by atoms with Crippen LogP contribution in [0.1, 0.15) is 35.2 Å². The van der Waals surface area contributed by atoms with Gasteiger partial charge in [0.2, 0.25) is 5.91 Å². The van der Waals surface area contributed by atoms with Crippen molar-refractivity contribution in [2.45, 2.75) is 44.5 Å². The molecule has 2 aromatic carbocycles. The number of likely N-dealkylation sites (tertiary alicyclic amines) is 1. The van der Waals surface area contributed by atoms with E-state index in [0.717, 1.165) is 0 Å². The molecule has 41 heavy (non-hydrogen) atoms. The molecule has 0 radical (unpaired) electrons. The van der Waals surface area contributed by atoms with E-state index in [4.69, 9.17) is 14.2 Å². The van der Waals surface area contributed by atoms with Crippen LogP contribution in [0.25, 0.3) is 0 Å². The minimum absolute atomic E-state index is 0.0495. The number of aryl methyl sites for hydroxylation is 1. The summed E-state index contributed by atoms with van der Waals surface area (Å²) < 4.78 is 33.4. The Morgan fingerprint density at radius 1 is 1.22 bits per heavy atom. The minimum Gasteiger partial charge on any atom is -0.493 e. The molecule has 0 aliphatic carbocycles. The van der Waals surface area contributed by atoms with Gasteiger partial charge in [-0.3, -0.25) is 19.1 Å². The van der Waals surface area contributed by atoms with Crippen LogP contribution >= 0.6 is 0 Å². The lowest BCUT2D eigenvalue weighted by molar-refractivity contribution is -0.135. The fourth-order valence-corrected chi connectivity index (χ4v) is 4.91. The van der Waals surface area contributed by atoms with Crippen molar-refractivity contribution in [2.24, 2.45) is 0 Å². The first-order chi connectivity index (χ1) is 19.9. The first-order valence-electron chi connectivity index (χ1n) is 13.3. The van der Waals surface area contributed by atoms with Crippen LogP contribution in [0.3, 0.4) is 0 Å². The van der Waals surface area contributed by atoms with E-state index >= 15 is 0 Å². The maximum absolute atomic E-state index is 14.5. The Kier molecular flexibility index (Phi) is 8.61. The first-order valence-corrected chi connectivity index (χ1v) is 13.3. The third-order valence-corrected chi connectivity index (χ3v) is 6.95. The third-order valence-electron chi connectivity index (χ3n) is 6.95. The summed E-state index contributed by atoms with van der Waals surface area (Å²) >= 11 is 0. The molecule has 0 spiro atoms. The summed E-state index contributed by atoms with van der Waals surface area (Å²) in [4.78, 5) is 44.4. The molecule has 2 aliphatic heterocycles. The predicted molar refractivity (Wildman–Crippen MR) is 143 cm³/mol. The lowest BCUT2D eigenvalue weighted by Gasteiger charge is -2.39. The van der Waals surface area contributed by atoms with Gasteiger partial charge in [0.1, 0.15) is 30.3 Å². The summed E-state index contributed by atoms with van der Waals surface area (Å²) in [6.07, 6.45) is 3.82. The molecule has 0 unspecified atom stereocenters. The van der Waals surface area contributed by atoms with Gasteiger partial charge in [-0.15, -0.1) is 0 Å². The molecular weight excluding hydrogens is 535 g/mol. The van der Waals surface area contributed by atoms with E-state index in [1.54, 1.807) is 34.1 Å². The zero-order chi connectivity index (χ0) is 28.8. The van der Waals surface area contributed by atoms with Gasteiger partial charge in [0.15, 0.2) is 18.1 Å². The zero-order valence-corrected chi connectivity index (χ0v) is 22.5. The molecule has 1 fully saturated rings. The Bertz CT molecular complexity index is 1400. The van der Waals surface area contributed by atoms with Crippen LogP contribution in [0.15, 0.2) is 49.1 Å². The quantitative estimate of drug-likeness (QED) is 0.476. The number of methoxy groups -OCH3 is 1. The number of carbonyl (C=O) groups excluding carboxylic acids is 3. The number of nitrogens with one attached hydrogen (secondary N) is 2. The van der Waals surface area contributed by atoms with Crippen LogP contribution in [0.2, 0.25) is 0 Å². The molecule has 0 saturated carbocycles. The van der Waals surface area contributed by atoms with Gasteiger partial charge < -0.3 is 29.7 Å². The molecule has 4 bridgehead atoms. The lowest BCUT2D eigenvalue weighted by atomic mass is 10.0. The molecule has 5 rings (SSSR count). The molecule has 2 N–H and O–H groups in total. The molecule has 1 aromatic heterocycles. The van der Waals surface area contributed by atoms with Crippen LogP contribution in [0.4, 0.5) is 4.39 Å². The molecule has 3 heterocycles. The number of ether oxygens (including phenoxy) is 3. The van der Waals surface area contributed by atoms with Gasteiger partial charge in [0.05, 0.1) is 13.2 Å². The molecule has 2 aliphatic rings. The summed E-state index contributed by atoms with van der Waals surface area (Å²) in [5.74, 6) is -0.587. The highest BCUT2D eigenvalue weighted by Crippen LogP contribution is 2.29. The molecule has 1 saturated heterocycles. The largest absolute Gasteiger partial charge is 0.493 e.